The maximum atomic E-state index is 11.8. The molecule has 4 heteroatoms. The molecule has 0 atom stereocenters. The lowest BCUT2D eigenvalue weighted by Crippen LogP contribution is -2.39. The lowest BCUT2D eigenvalue weighted by Gasteiger charge is -2.23. The normalized spacial score (nSPS) is 12.8. The summed E-state index contributed by atoms with van der Waals surface area (Å²) in [6.07, 6.45) is 0. The van der Waals surface area contributed by atoms with Crippen LogP contribution < -0.4 is 0 Å². The molecule has 0 N–H and O–H groups in total. The van der Waals surface area contributed by atoms with E-state index in [1.165, 1.54) is 0 Å². The highest BCUT2D eigenvalue weighted by atomic mass is 32.2. The fourth-order valence-corrected chi connectivity index (χ4v) is 2.95. The minimum absolute atomic E-state index is 0.122. The van der Waals surface area contributed by atoms with Crippen LogP contribution in [-0.2, 0) is 9.84 Å². The summed E-state index contributed by atoms with van der Waals surface area (Å²) in [5.41, 5.74) is 0. The third kappa shape index (κ3) is 3.12. The topological polar surface area (TPSA) is 34.1 Å². The number of rotatable bonds is 3. The lowest BCUT2D eigenvalue weighted by molar-refractivity contribution is -0.857. The van der Waals surface area contributed by atoms with Crippen LogP contribution in [0.1, 0.15) is 0 Å². The maximum absolute atomic E-state index is 11.8. The average Bonchev–Trinajstić information content (AvgIpc) is 2.01. The highest BCUT2D eigenvalue weighted by Gasteiger charge is 2.22. The molecule has 0 saturated heterocycles. The smallest absolute Gasteiger partial charge is 0.228 e. The molecule has 0 aromatic heterocycles. The molecule has 0 bridgehead atoms. The van der Waals surface area contributed by atoms with Crippen molar-refractivity contribution in [2.45, 2.75) is 4.90 Å². The van der Waals surface area contributed by atoms with Crippen molar-refractivity contribution in [2.75, 3.05) is 27.0 Å². The van der Waals surface area contributed by atoms with Crippen molar-refractivity contribution in [3.8, 4) is 0 Å². The van der Waals surface area contributed by atoms with Crippen molar-refractivity contribution >= 4 is 9.84 Å². The molecule has 1 aromatic carbocycles. The monoisotopic (exact) mass is 214 g/mol. The van der Waals surface area contributed by atoms with E-state index in [-0.39, 0.29) is 5.88 Å². The molecule has 0 unspecified atom stereocenters. The standard InChI is InChI=1S/C10H16NO2S/c1-11(2,3)9-14(12,13)10-7-5-4-6-8-10/h4-8H,9H2,1-3H3/q+1. The van der Waals surface area contributed by atoms with Crippen LogP contribution in [0, 0.1) is 0 Å². The fraction of sp³-hybridized carbons (Fsp3) is 0.400. The molecule has 0 heterocycles. The molecule has 14 heavy (non-hydrogen) atoms. The number of benzene rings is 1. The quantitative estimate of drug-likeness (QED) is 0.707. The number of hydrogen-bond donors (Lipinski definition) is 0. The van der Waals surface area contributed by atoms with Crippen molar-refractivity contribution in [2.24, 2.45) is 0 Å². The Morgan fingerprint density at radius 1 is 1.07 bits per heavy atom. The molecule has 0 aliphatic carbocycles. The van der Waals surface area contributed by atoms with E-state index in [1.807, 2.05) is 27.2 Å². The van der Waals surface area contributed by atoms with Gasteiger partial charge in [-0.05, 0) is 12.1 Å². The molecule has 0 aliphatic rings. The highest BCUT2D eigenvalue weighted by Crippen LogP contribution is 2.12. The predicted molar refractivity (Wildman–Crippen MR) is 56.5 cm³/mol. The predicted octanol–water partition coefficient (Wildman–Crippen LogP) is 1.12. The van der Waals surface area contributed by atoms with E-state index in [1.54, 1.807) is 24.3 Å². The number of quaternary nitrogens is 1. The molecule has 1 rings (SSSR count). The van der Waals surface area contributed by atoms with Gasteiger partial charge in [0.25, 0.3) is 0 Å². The van der Waals surface area contributed by atoms with Crippen molar-refractivity contribution in [3.63, 3.8) is 0 Å². The first-order valence-electron chi connectivity index (χ1n) is 4.39. The molecule has 3 nitrogen and oxygen atoms in total. The van der Waals surface area contributed by atoms with Crippen LogP contribution in [0.2, 0.25) is 0 Å². The molecule has 0 amide bonds. The summed E-state index contributed by atoms with van der Waals surface area (Å²) in [4.78, 5) is 0.396. The second-order valence-electron chi connectivity index (χ2n) is 4.35. The molecule has 0 saturated carbocycles. The summed E-state index contributed by atoms with van der Waals surface area (Å²) in [5, 5.41) is 0. The second-order valence-corrected chi connectivity index (χ2v) is 6.31. The zero-order valence-corrected chi connectivity index (χ0v) is 9.58. The van der Waals surface area contributed by atoms with Gasteiger partial charge in [-0.25, -0.2) is 8.42 Å². The van der Waals surface area contributed by atoms with E-state index in [0.717, 1.165) is 0 Å². The lowest BCUT2D eigenvalue weighted by atomic mass is 10.4. The van der Waals surface area contributed by atoms with Crippen LogP contribution in [0.15, 0.2) is 35.2 Å². The zero-order chi connectivity index (χ0) is 10.8. The van der Waals surface area contributed by atoms with Crippen LogP contribution in [0.25, 0.3) is 0 Å². The summed E-state index contributed by atoms with van der Waals surface area (Å²) in [5.74, 6) is 0.122. The maximum Gasteiger partial charge on any atom is 0.228 e. The van der Waals surface area contributed by atoms with Gasteiger partial charge in [0, 0.05) is 0 Å². The van der Waals surface area contributed by atoms with Crippen LogP contribution in [0.3, 0.4) is 0 Å². The van der Waals surface area contributed by atoms with Crippen LogP contribution >= 0.6 is 0 Å². The molecule has 0 spiro atoms. The van der Waals surface area contributed by atoms with Crippen molar-refractivity contribution < 1.29 is 12.9 Å². The summed E-state index contributed by atoms with van der Waals surface area (Å²) in [6, 6.07) is 8.55. The second kappa shape index (κ2) is 3.71. The van der Waals surface area contributed by atoms with Crippen molar-refractivity contribution in [3.05, 3.63) is 30.3 Å². The first-order chi connectivity index (χ1) is 6.31. The number of hydrogen-bond acceptors (Lipinski definition) is 2. The Kier molecular flexibility index (Phi) is 2.97. The largest absolute Gasteiger partial charge is 0.318 e. The Bertz CT molecular complexity index is 390. The molecule has 0 aliphatic heterocycles. The summed E-state index contributed by atoms with van der Waals surface area (Å²) in [6.45, 7) is 0. The van der Waals surface area contributed by atoms with Gasteiger partial charge in [0.2, 0.25) is 9.84 Å². The van der Waals surface area contributed by atoms with Gasteiger partial charge in [-0.3, -0.25) is 0 Å². The first-order valence-corrected chi connectivity index (χ1v) is 6.05. The van der Waals surface area contributed by atoms with Gasteiger partial charge in [-0.2, -0.15) is 0 Å². The number of nitrogens with zero attached hydrogens (tertiary/aromatic N) is 1. The molecular weight excluding hydrogens is 198 g/mol. The first kappa shape index (κ1) is 11.2. The van der Waals surface area contributed by atoms with E-state index in [2.05, 4.69) is 0 Å². The van der Waals surface area contributed by atoms with Gasteiger partial charge in [-0.15, -0.1) is 0 Å². The Labute approximate surface area is 85.5 Å². The zero-order valence-electron chi connectivity index (χ0n) is 8.77. The minimum atomic E-state index is -3.15. The molecule has 78 valence electrons. The SMILES string of the molecule is C[N+](C)(C)CS(=O)(=O)c1ccccc1. The summed E-state index contributed by atoms with van der Waals surface area (Å²) >= 11 is 0. The highest BCUT2D eigenvalue weighted by molar-refractivity contribution is 7.91. The Balaban J connectivity index is 2.99. The van der Waals surface area contributed by atoms with E-state index in [4.69, 9.17) is 0 Å². The Morgan fingerprint density at radius 3 is 2.00 bits per heavy atom. The molecular formula is C10H16NO2S+. The number of sulfone groups is 1. The fourth-order valence-electron chi connectivity index (χ4n) is 1.21. The van der Waals surface area contributed by atoms with E-state index in [0.29, 0.717) is 9.38 Å². The van der Waals surface area contributed by atoms with Gasteiger partial charge < -0.3 is 4.48 Å². The van der Waals surface area contributed by atoms with Gasteiger partial charge in [0.15, 0.2) is 5.88 Å². The third-order valence-corrected chi connectivity index (χ3v) is 3.76. The van der Waals surface area contributed by atoms with Crippen LogP contribution in [0.5, 0.6) is 0 Å². The Morgan fingerprint density at radius 2 is 1.57 bits per heavy atom. The van der Waals surface area contributed by atoms with Gasteiger partial charge in [-0.1, -0.05) is 18.2 Å². The van der Waals surface area contributed by atoms with Gasteiger partial charge >= 0.3 is 0 Å². The Hall–Kier alpha value is -0.870. The van der Waals surface area contributed by atoms with Gasteiger partial charge in [0.05, 0.1) is 26.0 Å². The third-order valence-electron chi connectivity index (χ3n) is 1.66. The van der Waals surface area contributed by atoms with Crippen LogP contribution in [0.4, 0.5) is 0 Å². The van der Waals surface area contributed by atoms with Crippen molar-refractivity contribution in [1.82, 2.24) is 0 Å². The minimum Gasteiger partial charge on any atom is -0.318 e. The van der Waals surface area contributed by atoms with Crippen molar-refractivity contribution in [1.29, 1.82) is 0 Å². The average molecular weight is 214 g/mol. The molecule has 0 fully saturated rings. The van der Waals surface area contributed by atoms with E-state index >= 15 is 0 Å². The van der Waals surface area contributed by atoms with E-state index in [9.17, 15) is 8.42 Å². The van der Waals surface area contributed by atoms with Gasteiger partial charge in [0.1, 0.15) is 0 Å². The molecule has 0 radical (unpaired) electrons. The summed E-state index contributed by atoms with van der Waals surface area (Å²) < 4.78 is 24.1. The molecule has 1 aromatic rings. The summed E-state index contributed by atoms with van der Waals surface area (Å²) in [7, 11) is 2.44. The van der Waals surface area contributed by atoms with E-state index < -0.39 is 9.84 Å². The van der Waals surface area contributed by atoms with Crippen LogP contribution in [-0.4, -0.2) is 39.9 Å².